The van der Waals surface area contributed by atoms with E-state index in [-0.39, 0.29) is 17.7 Å². The lowest BCUT2D eigenvalue weighted by molar-refractivity contribution is -0.134. The van der Waals surface area contributed by atoms with E-state index in [2.05, 4.69) is 12.1 Å². The first-order valence-electron chi connectivity index (χ1n) is 9.93. The molecule has 1 fully saturated rings. The van der Waals surface area contributed by atoms with E-state index in [0.717, 1.165) is 43.5 Å². The van der Waals surface area contributed by atoms with Gasteiger partial charge >= 0.3 is 0 Å². The highest BCUT2D eigenvalue weighted by atomic mass is 16.2. The minimum absolute atomic E-state index is 0.0249. The third-order valence-corrected chi connectivity index (χ3v) is 5.77. The van der Waals surface area contributed by atoms with Gasteiger partial charge in [0, 0.05) is 31.2 Å². The van der Waals surface area contributed by atoms with Gasteiger partial charge in [0.2, 0.25) is 11.8 Å². The molecular formula is C23H26N2O2. The molecule has 0 spiro atoms. The summed E-state index contributed by atoms with van der Waals surface area (Å²) in [6.07, 6.45) is 4.04. The molecule has 2 aromatic rings. The van der Waals surface area contributed by atoms with Crippen molar-refractivity contribution in [3.63, 3.8) is 0 Å². The maximum absolute atomic E-state index is 13.1. The molecule has 140 valence electrons. The molecule has 1 saturated heterocycles. The van der Waals surface area contributed by atoms with Crippen molar-refractivity contribution in [3.8, 4) is 0 Å². The Balaban J connectivity index is 1.35. The predicted octanol–water partition coefficient (Wildman–Crippen LogP) is 3.45. The third-order valence-electron chi connectivity index (χ3n) is 5.77. The molecule has 4 heteroatoms. The summed E-state index contributed by atoms with van der Waals surface area (Å²) in [5.41, 5.74) is 3.40. The van der Waals surface area contributed by atoms with Crippen LogP contribution in [0.3, 0.4) is 0 Å². The Morgan fingerprint density at radius 3 is 2.37 bits per heavy atom. The van der Waals surface area contributed by atoms with Gasteiger partial charge in [-0.1, -0.05) is 48.5 Å². The van der Waals surface area contributed by atoms with Crippen LogP contribution >= 0.6 is 0 Å². The predicted molar refractivity (Wildman–Crippen MR) is 107 cm³/mol. The van der Waals surface area contributed by atoms with Gasteiger partial charge in [0.25, 0.3) is 0 Å². The average molecular weight is 362 g/mol. The van der Waals surface area contributed by atoms with E-state index in [1.165, 1.54) is 5.56 Å². The first-order chi connectivity index (χ1) is 13.2. The van der Waals surface area contributed by atoms with Gasteiger partial charge in [0.05, 0.1) is 6.42 Å². The van der Waals surface area contributed by atoms with Crippen LogP contribution in [0.15, 0.2) is 54.6 Å². The largest absolute Gasteiger partial charge is 0.342 e. The highest BCUT2D eigenvalue weighted by Crippen LogP contribution is 2.30. The van der Waals surface area contributed by atoms with Crippen LogP contribution in [0, 0.1) is 5.92 Å². The summed E-state index contributed by atoms with van der Waals surface area (Å²) in [5.74, 6) is 0.421. The quantitative estimate of drug-likeness (QED) is 0.839. The smallest absolute Gasteiger partial charge is 0.230 e. The van der Waals surface area contributed by atoms with Gasteiger partial charge in [-0.2, -0.15) is 0 Å². The number of likely N-dealkylation sites (tertiary alicyclic amines) is 1. The van der Waals surface area contributed by atoms with Crippen molar-refractivity contribution in [3.05, 3.63) is 65.7 Å². The van der Waals surface area contributed by atoms with E-state index in [1.54, 1.807) is 0 Å². The summed E-state index contributed by atoms with van der Waals surface area (Å²) in [5, 5.41) is 0. The van der Waals surface area contributed by atoms with E-state index in [0.29, 0.717) is 19.5 Å². The number of para-hydroxylation sites is 1. The molecule has 2 amide bonds. The lowest BCUT2D eigenvalue weighted by atomic mass is 9.92. The number of rotatable bonds is 3. The second kappa shape index (κ2) is 7.95. The number of aryl methyl sites for hydroxylation is 1. The Kier molecular flexibility index (Phi) is 5.23. The molecule has 2 aromatic carbocycles. The fourth-order valence-corrected chi connectivity index (χ4v) is 4.24. The molecule has 0 N–H and O–H groups in total. The second-order valence-electron chi connectivity index (χ2n) is 7.54. The molecule has 2 aliphatic heterocycles. The Morgan fingerprint density at radius 1 is 0.889 bits per heavy atom. The first kappa shape index (κ1) is 17.8. The van der Waals surface area contributed by atoms with Crippen molar-refractivity contribution < 1.29 is 9.59 Å². The number of carbonyl (C=O) groups excluding carboxylic acids is 2. The average Bonchev–Trinajstić information content (AvgIpc) is 2.73. The van der Waals surface area contributed by atoms with Crippen molar-refractivity contribution >= 4 is 17.5 Å². The van der Waals surface area contributed by atoms with Gasteiger partial charge in [0.15, 0.2) is 0 Å². The third kappa shape index (κ3) is 3.90. The zero-order valence-corrected chi connectivity index (χ0v) is 15.6. The highest BCUT2D eigenvalue weighted by Gasteiger charge is 2.32. The minimum Gasteiger partial charge on any atom is -0.342 e. The zero-order chi connectivity index (χ0) is 18.6. The topological polar surface area (TPSA) is 40.6 Å². The summed E-state index contributed by atoms with van der Waals surface area (Å²) in [6, 6.07) is 18.1. The molecular weight excluding hydrogens is 336 g/mol. The number of hydrogen-bond donors (Lipinski definition) is 0. The molecule has 2 heterocycles. The number of amides is 2. The van der Waals surface area contributed by atoms with Gasteiger partial charge in [-0.05, 0) is 42.9 Å². The zero-order valence-electron chi connectivity index (χ0n) is 15.6. The van der Waals surface area contributed by atoms with Crippen molar-refractivity contribution in [2.24, 2.45) is 5.92 Å². The standard InChI is InChI=1S/C23H26N2O2/c26-22(17-18-7-2-1-3-8-18)24-15-12-20(13-16-24)23(27)25-14-6-10-19-9-4-5-11-21(19)25/h1-5,7-9,11,20H,6,10,12-17H2. The SMILES string of the molecule is O=C(Cc1ccccc1)N1CCC(C(=O)N2CCCc3ccccc32)CC1. The van der Waals surface area contributed by atoms with E-state index in [1.807, 2.05) is 52.3 Å². The van der Waals surface area contributed by atoms with Crippen LogP contribution in [0.4, 0.5) is 5.69 Å². The molecule has 0 atom stereocenters. The lowest BCUT2D eigenvalue weighted by Crippen LogP contribution is -2.46. The summed E-state index contributed by atoms with van der Waals surface area (Å²) >= 11 is 0. The second-order valence-corrected chi connectivity index (χ2v) is 7.54. The molecule has 27 heavy (non-hydrogen) atoms. The van der Waals surface area contributed by atoms with Crippen LogP contribution in [0.2, 0.25) is 0 Å². The molecule has 4 rings (SSSR count). The maximum atomic E-state index is 13.1. The fourth-order valence-electron chi connectivity index (χ4n) is 4.24. The molecule has 2 aliphatic rings. The Morgan fingerprint density at radius 2 is 1.59 bits per heavy atom. The summed E-state index contributed by atoms with van der Waals surface area (Å²) in [7, 11) is 0. The molecule has 0 bridgehead atoms. The fraction of sp³-hybridized carbons (Fsp3) is 0.391. The first-order valence-corrected chi connectivity index (χ1v) is 9.93. The van der Waals surface area contributed by atoms with E-state index in [9.17, 15) is 9.59 Å². The van der Waals surface area contributed by atoms with E-state index >= 15 is 0 Å². The van der Waals surface area contributed by atoms with Gasteiger partial charge in [-0.25, -0.2) is 0 Å². The van der Waals surface area contributed by atoms with Crippen LogP contribution in [0.25, 0.3) is 0 Å². The van der Waals surface area contributed by atoms with Crippen LogP contribution in [0.1, 0.15) is 30.4 Å². The molecule has 0 radical (unpaired) electrons. The van der Waals surface area contributed by atoms with Crippen molar-refractivity contribution in [1.29, 1.82) is 0 Å². The van der Waals surface area contributed by atoms with Crippen molar-refractivity contribution in [1.82, 2.24) is 4.90 Å². The molecule has 0 saturated carbocycles. The molecule has 0 aromatic heterocycles. The number of carbonyl (C=O) groups is 2. The number of piperidine rings is 1. The van der Waals surface area contributed by atoms with Crippen molar-refractivity contribution in [2.75, 3.05) is 24.5 Å². The monoisotopic (exact) mass is 362 g/mol. The highest BCUT2D eigenvalue weighted by molar-refractivity contribution is 5.96. The van der Waals surface area contributed by atoms with Gasteiger partial charge in [-0.3, -0.25) is 9.59 Å². The summed E-state index contributed by atoms with van der Waals surface area (Å²) in [4.78, 5) is 29.5. The van der Waals surface area contributed by atoms with Crippen molar-refractivity contribution in [2.45, 2.75) is 32.1 Å². The van der Waals surface area contributed by atoms with E-state index in [4.69, 9.17) is 0 Å². The van der Waals surface area contributed by atoms with Gasteiger partial charge in [0.1, 0.15) is 0 Å². The minimum atomic E-state index is 0.0249. The summed E-state index contributed by atoms with van der Waals surface area (Å²) in [6.45, 7) is 2.16. The number of benzene rings is 2. The van der Waals surface area contributed by atoms with Crippen LogP contribution in [-0.4, -0.2) is 36.3 Å². The summed E-state index contributed by atoms with van der Waals surface area (Å²) < 4.78 is 0. The lowest BCUT2D eigenvalue weighted by Gasteiger charge is -2.36. The number of hydrogen-bond acceptors (Lipinski definition) is 2. The number of nitrogens with zero attached hydrogens (tertiary/aromatic N) is 2. The molecule has 4 nitrogen and oxygen atoms in total. The number of anilines is 1. The Labute approximate surface area is 160 Å². The number of fused-ring (bicyclic) bond motifs is 1. The van der Waals surface area contributed by atoms with Gasteiger partial charge < -0.3 is 9.80 Å². The Bertz CT molecular complexity index is 810. The van der Waals surface area contributed by atoms with Gasteiger partial charge in [-0.15, -0.1) is 0 Å². The van der Waals surface area contributed by atoms with Crippen LogP contribution in [0.5, 0.6) is 0 Å². The van der Waals surface area contributed by atoms with Crippen LogP contribution < -0.4 is 4.90 Å². The molecule has 0 aliphatic carbocycles. The van der Waals surface area contributed by atoms with Crippen LogP contribution in [-0.2, 0) is 22.4 Å². The molecule has 0 unspecified atom stereocenters. The maximum Gasteiger partial charge on any atom is 0.230 e. The van der Waals surface area contributed by atoms with E-state index < -0.39 is 0 Å². The normalized spacial score (nSPS) is 17.5. The Hall–Kier alpha value is -2.62.